The van der Waals surface area contributed by atoms with E-state index in [1.165, 1.54) is 37.7 Å². The lowest BCUT2D eigenvalue weighted by Gasteiger charge is -2.23. The van der Waals surface area contributed by atoms with E-state index in [1.807, 2.05) is 26.0 Å². The van der Waals surface area contributed by atoms with Crippen molar-refractivity contribution in [2.24, 2.45) is 0 Å². The van der Waals surface area contributed by atoms with Gasteiger partial charge in [-0.3, -0.25) is 4.57 Å². The topological polar surface area (TPSA) is 26.3 Å². The maximum atomic E-state index is 10.9. The summed E-state index contributed by atoms with van der Waals surface area (Å²) in [6.45, 7) is 3.63. The molecule has 0 N–H and O–H groups in total. The third-order valence-electron chi connectivity index (χ3n) is 3.54. The molecule has 18 heavy (non-hydrogen) atoms. The molecule has 1 aromatic carbocycles. The van der Waals surface area contributed by atoms with E-state index in [0.29, 0.717) is 0 Å². The van der Waals surface area contributed by atoms with Gasteiger partial charge in [0.1, 0.15) is 5.75 Å². The predicted molar refractivity (Wildman–Crippen MR) is 74.6 cm³/mol. The van der Waals surface area contributed by atoms with Crippen LogP contribution in [0.4, 0.5) is 0 Å². The molecule has 0 heterocycles. The van der Waals surface area contributed by atoms with Gasteiger partial charge in [0.2, 0.25) is 8.46 Å². The first-order valence-corrected chi connectivity index (χ1v) is 7.55. The summed E-state index contributed by atoms with van der Waals surface area (Å²) in [7, 11) is 0.0108. The Morgan fingerprint density at radius 2 is 1.72 bits per heavy atom. The van der Waals surface area contributed by atoms with E-state index < -0.39 is 5.34 Å². The molecule has 0 spiro atoms. The van der Waals surface area contributed by atoms with Gasteiger partial charge in [0.15, 0.2) is 5.34 Å². The maximum absolute atomic E-state index is 10.9. The number of hydrogen-bond donors (Lipinski definition) is 0. The van der Waals surface area contributed by atoms with E-state index in [-0.39, 0.29) is 8.46 Å². The van der Waals surface area contributed by atoms with Gasteiger partial charge in [0, 0.05) is 0 Å². The Labute approximate surface area is 111 Å². The van der Waals surface area contributed by atoms with Crippen LogP contribution in [0.3, 0.4) is 0 Å². The molecule has 0 aromatic heterocycles. The van der Waals surface area contributed by atoms with Crippen molar-refractivity contribution in [3.8, 4) is 5.75 Å². The zero-order chi connectivity index (χ0) is 13.0. The lowest BCUT2D eigenvalue weighted by molar-refractivity contribution is 0.199. The first-order valence-electron chi connectivity index (χ1n) is 6.74. The highest BCUT2D eigenvalue weighted by molar-refractivity contribution is 7.25. The quantitative estimate of drug-likeness (QED) is 0.704. The molecule has 0 atom stereocenters. The van der Waals surface area contributed by atoms with Gasteiger partial charge in [-0.15, -0.1) is 0 Å². The molecule has 0 amide bonds. The van der Waals surface area contributed by atoms with Crippen LogP contribution in [0.5, 0.6) is 5.75 Å². The molecule has 0 unspecified atom stereocenters. The van der Waals surface area contributed by atoms with Crippen LogP contribution in [0.25, 0.3) is 0 Å². The van der Waals surface area contributed by atoms with Crippen molar-refractivity contribution in [2.45, 2.75) is 57.2 Å². The zero-order valence-corrected chi connectivity index (χ0v) is 12.1. The molecule has 1 aliphatic carbocycles. The third kappa shape index (κ3) is 3.55. The van der Waals surface area contributed by atoms with Crippen molar-refractivity contribution in [1.82, 2.24) is 0 Å². The minimum atomic E-state index is -0.646. The molecular formula is C15H21O2P. The standard InChI is InChI=1S/C15H21O2P/c1-15(2,18-16)17-14-10-8-13(9-11-14)12-6-4-3-5-7-12/h8-12H,3-7H2,1-2H3. The van der Waals surface area contributed by atoms with Crippen molar-refractivity contribution >= 4 is 8.46 Å². The lowest BCUT2D eigenvalue weighted by atomic mass is 9.84. The first-order chi connectivity index (χ1) is 8.61. The highest BCUT2D eigenvalue weighted by Crippen LogP contribution is 2.34. The minimum absolute atomic E-state index is 0.0108. The largest absolute Gasteiger partial charge is 0.476 e. The Morgan fingerprint density at radius 3 is 2.28 bits per heavy atom. The van der Waals surface area contributed by atoms with Crippen LogP contribution in [0.15, 0.2) is 24.3 Å². The Bertz CT molecular complexity index is 391. The summed E-state index contributed by atoms with van der Waals surface area (Å²) in [5.41, 5.74) is 1.42. The zero-order valence-electron chi connectivity index (χ0n) is 11.2. The monoisotopic (exact) mass is 264 g/mol. The summed E-state index contributed by atoms with van der Waals surface area (Å²) >= 11 is 0. The summed E-state index contributed by atoms with van der Waals surface area (Å²) in [6, 6.07) is 8.31. The SMILES string of the molecule is CC(C)(Oc1ccc(C2CCCCC2)cc1)P=O. The van der Waals surface area contributed by atoms with Crippen LogP contribution in [0.1, 0.15) is 57.4 Å². The van der Waals surface area contributed by atoms with E-state index in [9.17, 15) is 4.57 Å². The number of benzene rings is 1. The van der Waals surface area contributed by atoms with Crippen LogP contribution in [0.2, 0.25) is 0 Å². The molecule has 1 saturated carbocycles. The maximum Gasteiger partial charge on any atom is 0.203 e. The van der Waals surface area contributed by atoms with Gasteiger partial charge in [-0.25, -0.2) is 0 Å². The van der Waals surface area contributed by atoms with Crippen molar-refractivity contribution in [1.29, 1.82) is 0 Å². The van der Waals surface area contributed by atoms with Crippen molar-refractivity contribution in [3.63, 3.8) is 0 Å². The Morgan fingerprint density at radius 1 is 1.11 bits per heavy atom. The smallest absolute Gasteiger partial charge is 0.203 e. The van der Waals surface area contributed by atoms with Crippen molar-refractivity contribution in [3.05, 3.63) is 29.8 Å². The summed E-state index contributed by atoms with van der Waals surface area (Å²) in [6.07, 6.45) is 6.71. The van der Waals surface area contributed by atoms with E-state index in [4.69, 9.17) is 4.74 Å². The Balaban J connectivity index is 2.03. The van der Waals surface area contributed by atoms with Crippen LogP contribution < -0.4 is 4.74 Å². The molecule has 2 nitrogen and oxygen atoms in total. The molecular weight excluding hydrogens is 243 g/mol. The van der Waals surface area contributed by atoms with E-state index in [1.54, 1.807) is 0 Å². The molecule has 0 radical (unpaired) electrons. The van der Waals surface area contributed by atoms with E-state index in [0.717, 1.165) is 11.7 Å². The lowest BCUT2D eigenvalue weighted by Crippen LogP contribution is -2.19. The van der Waals surface area contributed by atoms with Gasteiger partial charge >= 0.3 is 0 Å². The first kappa shape index (κ1) is 13.5. The van der Waals surface area contributed by atoms with Crippen LogP contribution in [-0.4, -0.2) is 5.34 Å². The Kier molecular flexibility index (Phi) is 4.40. The van der Waals surface area contributed by atoms with Crippen LogP contribution in [-0.2, 0) is 4.57 Å². The van der Waals surface area contributed by atoms with Crippen LogP contribution >= 0.6 is 8.46 Å². The van der Waals surface area contributed by atoms with Crippen molar-refractivity contribution < 1.29 is 9.30 Å². The summed E-state index contributed by atoms with van der Waals surface area (Å²) < 4.78 is 16.6. The average Bonchev–Trinajstić information content (AvgIpc) is 2.40. The fourth-order valence-corrected chi connectivity index (χ4v) is 2.69. The third-order valence-corrected chi connectivity index (χ3v) is 4.08. The fraction of sp³-hybridized carbons (Fsp3) is 0.600. The number of rotatable bonds is 4. The van der Waals surface area contributed by atoms with Crippen LogP contribution in [0, 0.1) is 0 Å². The molecule has 3 heteroatoms. The molecule has 1 fully saturated rings. The second kappa shape index (κ2) is 5.84. The molecule has 0 bridgehead atoms. The molecule has 1 aliphatic rings. The normalized spacial score (nSPS) is 17.9. The summed E-state index contributed by atoms with van der Waals surface area (Å²) in [4.78, 5) is 0. The molecule has 0 aliphatic heterocycles. The van der Waals surface area contributed by atoms with Gasteiger partial charge in [0.25, 0.3) is 0 Å². The predicted octanol–water partition coefficient (Wildman–Crippen LogP) is 5.14. The summed E-state index contributed by atoms with van der Waals surface area (Å²) in [5, 5.41) is -0.646. The summed E-state index contributed by atoms with van der Waals surface area (Å²) in [5.74, 6) is 1.52. The van der Waals surface area contributed by atoms with Gasteiger partial charge in [-0.05, 0) is 50.3 Å². The van der Waals surface area contributed by atoms with E-state index in [2.05, 4.69) is 12.1 Å². The molecule has 98 valence electrons. The fourth-order valence-electron chi connectivity index (χ4n) is 2.55. The van der Waals surface area contributed by atoms with Gasteiger partial charge in [-0.1, -0.05) is 31.4 Å². The van der Waals surface area contributed by atoms with E-state index >= 15 is 0 Å². The number of hydrogen-bond acceptors (Lipinski definition) is 2. The molecule has 1 aromatic rings. The molecule has 0 saturated heterocycles. The average molecular weight is 264 g/mol. The Hall–Kier alpha value is -0.880. The second-order valence-corrected chi connectivity index (χ2v) is 6.80. The van der Waals surface area contributed by atoms with Gasteiger partial charge < -0.3 is 4.74 Å². The highest BCUT2D eigenvalue weighted by Gasteiger charge is 2.20. The second-order valence-electron chi connectivity index (χ2n) is 5.54. The minimum Gasteiger partial charge on any atom is -0.476 e. The van der Waals surface area contributed by atoms with Gasteiger partial charge in [-0.2, -0.15) is 0 Å². The molecule has 2 rings (SSSR count). The van der Waals surface area contributed by atoms with Crippen molar-refractivity contribution in [2.75, 3.05) is 0 Å². The number of ether oxygens (including phenoxy) is 1. The van der Waals surface area contributed by atoms with Gasteiger partial charge in [0.05, 0.1) is 0 Å². The highest BCUT2D eigenvalue weighted by atomic mass is 31.1.